The van der Waals surface area contributed by atoms with Gasteiger partial charge < -0.3 is 10.1 Å². The Morgan fingerprint density at radius 1 is 1.41 bits per heavy atom. The average molecular weight is 239 g/mol. The highest BCUT2D eigenvalue weighted by molar-refractivity contribution is 5.09. The first-order valence-corrected chi connectivity index (χ1v) is 6.56. The molecule has 0 amide bonds. The van der Waals surface area contributed by atoms with Crippen molar-refractivity contribution in [1.82, 2.24) is 15.1 Å². The summed E-state index contributed by atoms with van der Waals surface area (Å²) < 4.78 is 7.65. The number of aromatic nitrogens is 2. The Kier molecular flexibility index (Phi) is 6.22. The van der Waals surface area contributed by atoms with E-state index in [-0.39, 0.29) is 12.1 Å². The molecule has 1 aromatic rings. The van der Waals surface area contributed by atoms with Crippen molar-refractivity contribution in [2.24, 2.45) is 0 Å². The van der Waals surface area contributed by atoms with Crippen LogP contribution in [0.3, 0.4) is 0 Å². The number of rotatable bonds is 8. The quantitative estimate of drug-likeness (QED) is 0.757. The highest BCUT2D eigenvalue weighted by atomic mass is 16.5. The maximum absolute atomic E-state index is 5.57. The summed E-state index contributed by atoms with van der Waals surface area (Å²) in [6.45, 7) is 8.34. The molecule has 2 atom stereocenters. The number of ether oxygens (including phenoxy) is 1. The molecule has 1 aromatic heterocycles. The molecular weight excluding hydrogens is 214 g/mol. The van der Waals surface area contributed by atoms with Gasteiger partial charge in [0.1, 0.15) is 0 Å². The van der Waals surface area contributed by atoms with Gasteiger partial charge in [0, 0.05) is 19.9 Å². The fourth-order valence-corrected chi connectivity index (χ4v) is 2.19. The van der Waals surface area contributed by atoms with Crippen molar-refractivity contribution < 1.29 is 4.74 Å². The lowest BCUT2D eigenvalue weighted by Crippen LogP contribution is -2.34. The minimum absolute atomic E-state index is 0.197. The number of nitrogens with one attached hydrogen (secondary N) is 1. The van der Waals surface area contributed by atoms with Crippen LogP contribution in [0.25, 0.3) is 0 Å². The zero-order chi connectivity index (χ0) is 12.7. The lowest BCUT2D eigenvalue weighted by Gasteiger charge is -2.26. The van der Waals surface area contributed by atoms with Gasteiger partial charge in [0.15, 0.2) is 0 Å². The van der Waals surface area contributed by atoms with Crippen molar-refractivity contribution in [1.29, 1.82) is 0 Å². The maximum atomic E-state index is 5.57. The van der Waals surface area contributed by atoms with Gasteiger partial charge in [0.25, 0.3) is 0 Å². The van der Waals surface area contributed by atoms with Crippen LogP contribution in [0.4, 0.5) is 0 Å². The fraction of sp³-hybridized carbons (Fsp3) is 0.769. The molecule has 0 aliphatic heterocycles. The number of likely N-dealkylation sites (N-methyl/N-ethyl adjacent to an activating group) is 1. The van der Waals surface area contributed by atoms with Crippen LogP contribution in [0.2, 0.25) is 0 Å². The van der Waals surface area contributed by atoms with Crippen LogP contribution >= 0.6 is 0 Å². The van der Waals surface area contributed by atoms with E-state index in [1.807, 2.05) is 6.20 Å². The molecule has 0 spiro atoms. The predicted octanol–water partition coefficient (Wildman–Crippen LogP) is 2.37. The standard InChI is InChI=1S/C13H25N3O/c1-5-10-16-11(8-9-15-16)13(14-7-3)12(6-2)17-4/h8-9,12-14H,5-7,10H2,1-4H3. The van der Waals surface area contributed by atoms with E-state index in [0.29, 0.717) is 0 Å². The van der Waals surface area contributed by atoms with Gasteiger partial charge in [0.05, 0.1) is 17.8 Å². The number of methoxy groups -OCH3 is 1. The Morgan fingerprint density at radius 3 is 2.71 bits per heavy atom. The van der Waals surface area contributed by atoms with Gasteiger partial charge in [-0.25, -0.2) is 0 Å². The molecular formula is C13H25N3O. The SMILES string of the molecule is CCCn1nccc1C(NCC)C(CC)OC. The number of nitrogens with zero attached hydrogens (tertiary/aromatic N) is 2. The van der Waals surface area contributed by atoms with E-state index in [9.17, 15) is 0 Å². The summed E-state index contributed by atoms with van der Waals surface area (Å²) in [5.74, 6) is 0. The third-order valence-corrected chi connectivity index (χ3v) is 3.00. The normalized spacial score (nSPS) is 14.8. The molecule has 0 fully saturated rings. The molecule has 1 N–H and O–H groups in total. The van der Waals surface area contributed by atoms with E-state index in [0.717, 1.165) is 25.9 Å². The molecule has 0 aromatic carbocycles. The van der Waals surface area contributed by atoms with Crippen molar-refractivity contribution >= 4 is 0 Å². The van der Waals surface area contributed by atoms with Crippen molar-refractivity contribution in [2.45, 2.75) is 52.3 Å². The Morgan fingerprint density at radius 2 is 2.18 bits per heavy atom. The van der Waals surface area contributed by atoms with E-state index in [1.165, 1.54) is 5.69 Å². The minimum atomic E-state index is 0.197. The molecule has 1 heterocycles. The second kappa shape index (κ2) is 7.45. The molecule has 4 heteroatoms. The lowest BCUT2D eigenvalue weighted by molar-refractivity contribution is 0.0627. The molecule has 0 bridgehead atoms. The van der Waals surface area contributed by atoms with Crippen LogP contribution in [0.15, 0.2) is 12.3 Å². The molecule has 4 nitrogen and oxygen atoms in total. The smallest absolute Gasteiger partial charge is 0.0778 e. The van der Waals surface area contributed by atoms with Crippen molar-refractivity contribution in [3.05, 3.63) is 18.0 Å². The van der Waals surface area contributed by atoms with E-state index >= 15 is 0 Å². The zero-order valence-electron chi connectivity index (χ0n) is 11.4. The van der Waals surface area contributed by atoms with Gasteiger partial charge in [0.2, 0.25) is 0 Å². The second-order valence-corrected chi connectivity index (χ2v) is 4.20. The van der Waals surface area contributed by atoms with Gasteiger partial charge >= 0.3 is 0 Å². The molecule has 0 aliphatic carbocycles. The summed E-state index contributed by atoms with van der Waals surface area (Å²) in [6, 6.07) is 2.31. The van der Waals surface area contributed by atoms with Gasteiger partial charge in [-0.1, -0.05) is 20.8 Å². The van der Waals surface area contributed by atoms with Crippen molar-refractivity contribution in [3.63, 3.8) is 0 Å². The monoisotopic (exact) mass is 239 g/mol. The van der Waals surface area contributed by atoms with Crippen LogP contribution in [0, 0.1) is 0 Å². The Balaban J connectivity index is 2.91. The molecule has 0 saturated carbocycles. The first-order valence-electron chi connectivity index (χ1n) is 6.56. The molecule has 98 valence electrons. The zero-order valence-corrected chi connectivity index (χ0v) is 11.4. The van der Waals surface area contributed by atoms with E-state index < -0.39 is 0 Å². The summed E-state index contributed by atoms with van der Waals surface area (Å²) in [7, 11) is 1.78. The Labute approximate surface area is 104 Å². The lowest BCUT2D eigenvalue weighted by atomic mass is 10.0. The van der Waals surface area contributed by atoms with E-state index in [2.05, 4.69) is 41.9 Å². The largest absolute Gasteiger partial charge is 0.379 e. The van der Waals surface area contributed by atoms with Gasteiger partial charge in [-0.3, -0.25) is 4.68 Å². The number of aryl methyl sites for hydroxylation is 1. The highest BCUT2D eigenvalue weighted by Gasteiger charge is 2.23. The average Bonchev–Trinajstić information content (AvgIpc) is 2.78. The predicted molar refractivity (Wildman–Crippen MR) is 70.0 cm³/mol. The molecule has 0 aliphatic rings. The molecule has 17 heavy (non-hydrogen) atoms. The Hall–Kier alpha value is -0.870. The first-order chi connectivity index (χ1) is 8.28. The fourth-order valence-electron chi connectivity index (χ4n) is 2.19. The topological polar surface area (TPSA) is 39.1 Å². The van der Waals surface area contributed by atoms with Crippen molar-refractivity contribution in [2.75, 3.05) is 13.7 Å². The van der Waals surface area contributed by atoms with Crippen LogP contribution in [-0.4, -0.2) is 29.5 Å². The summed E-state index contributed by atoms with van der Waals surface area (Å²) in [5, 5.41) is 7.88. The van der Waals surface area contributed by atoms with Gasteiger partial charge in [-0.15, -0.1) is 0 Å². The second-order valence-electron chi connectivity index (χ2n) is 4.20. The minimum Gasteiger partial charge on any atom is -0.379 e. The van der Waals surface area contributed by atoms with Gasteiger partial charge in [-0.05, 0) is 25.5 Å². The summed E-state index contributed by atoms with van der Waals surface area (Å²) in [6.07, 6.45) is 4.16. The number of hydrogen-bond donors (Lipinski definition) is 1. The van der Waals surface area contributed by atoms with Crippen LogP contribution in [-0.2, 0) is 11.3 Å². The Bertz CT molecular complexity index is 307. The molecule has 1 rings (SSSR count). The molecule has 0 radical (unpaired) electrons. The molecule has 2 unspecified atom stereocenters. The van der Waals surface area contributed by atoms with E-state index in [4.69, 9.17) is 4.74 Å². The van der Waals surface area contributed by atoms with Crippen LogP contribution in [0.1, 0.15) is 45.3 Å². The summed E-state index contributed by atoms with van der Waals surface area (Å²) >= 11 is 0. The third kappa shape index (κ3) is 3.54. The third-order valence-electron chi connectivity index (χ3n) is 3.00. The van der Waals surface area contributed by atoms with Crippen molar-refractivity contribution in [3.8, 4) is 0 Å². The summed E-state index contributed by atoms with van der Waals surface area (Å²) in [4.78, 5) is 0. The molecule has 0 saturated heterocycles. The highest BCUT2D eigenvalue weighted by Crippen LogP contribution is 2.21. The van der Waals surface area contributed by atoms with Crippen LogP contribution in [0.5, 0.6) is 0 Å². The van der Waals surface area contributed by atoms with Gasteiger partial charge in [-0.2, -0.15) is 5.10 Å². The number of hydrogen-bond acceptors (Lipinski definition) is 3. The first kappa shape index (κ1) is 14.2. The maximum Gasteiger partial charge on any atom is 0.0778 e. The van der Waals surface area contributed by atoms with E-state index in [1.54, 1.807) is 7.11 Å². The van der Waals surface area contributed by atoms with Crippen LogP contribution < -0.4 is 5.32 Å². The summed E-state index contributed by atoms with van der Waals surface area (Å²) in [5.41, 5.74) is 1.22.